The second-order valence-electron chi connectivity index (χ2n) is 11.0. The van der Waals surface area contributed by atoms with Crippen molar-refractivity contribution < 1.29 is 4.74 Å². The average Bonchev–Trinajstić information content (AvgIpc) is 3.43. The molecule has 1 aliphatic heterocycles. The molecular formula is C39H26N2O. The van der Waals surface area contributed by atoms with Gasteiger partial charge in [-0.2, -0.15) is 0 Å². The molecule has 0 atom stereocenters. The molecular weight excluding hydrogens is 512 g/mol. The summed E-state index contributed by atoms with van der Waals surface area (Å²) in [7, 11) is 0. The second-order valence-corrected chi connectivity index (χ2v) is 11.0. The van der Waals surface area contributed by atoms with Gasteiger partial charge in [-0.1, -0.05) is 110 Å². The van der Waals surface area contributed by atoms with Gasteiger partial charge in [0.2, 0.25) is 0 Å². The number of fused-ring (bicyclic) bond motifs is 5. The first-order chi connectivity index (χ1) is 20.8. The zero-order chi connectivity index (χ0) is 27.8. The fourth-order valence-electron chi connectivity index (χ4n) is 6.95. The van der Waals surface area contributed by atoms with Gasteiger partial charge in [0.25, 0.3) is 0 Å². The van der Waals surface area contributed by atoms with Crippen LogP contribution in [-0.4, -0.2) is 9.55 Å². The van der Waals surface area contributed by atoms with Crippen LogP contribution < -0.4 is 4.74 Å². The number of imidazole rings is 1. The first-order valence-corrected chi connectivity index (χ1v) is 14.5. The van der Waals surface area contributed by atoms with Crippen molar-refractivity contribution in [2.45, 2.75) is 13.3 Å². The molecule has 198 valence electrons. The van der Waals surface area contributed by atoms with Gasteiger partial charge < -0.3 is 4.74 Å². The Labute approximate surface area is 243 Å². The van der Waals surface area contributed by atoms with Crippen LogP contribution in [0.4, 0.5) is 0 Å². The number of rotatable bonds is 3. The van der Waals surface area contributed by atoms with Crippen molar-refractivity contribution in [1.29, 1.82) is 0 Å². The molecule has 0 fully saturated rings. The maximum Gasteiger partial charge on any atom is 0.153 e. The highest BCUT2D eigenvalue weighted by Gasteiger charge is 2.25. The van der Waals surface area contributed by atoms with Crippen LogP contribution in [0.25, 0.3) is 71.3 Å². The molecule has 0 saturated carbocycles. The van der Waals surface area contributed by atoms with Crippen molar-refractivity contribution in [3.63, 3.8) is 0 Å². The lowest BCUT2D eigenvalue weighted by atomic mass is 9.84. The zero-order valence-corrected chi connectivity index (χ0v) is 23.1. The summed E-state index contributed by atoms with van der Waals surface area (Å²) in [5, 5.41) is 7.47. The fraction of sp³-hybridized carbons (Fsp3) is 0.0513. The Kier molecular flexibility index (Phi) is 4.88. The SMILES string of the molecule is CCc1nc2cccc3c2n1-c1ccc(-c2c4ccccc4c(-c4cccc5ccccc45)c4ccccc24)cc1O3. The van der Waals surface area contributed by atoms with Crippen LogP contribution in [0.2, 0.25) is 0 Å². The Balaban J connectivity index is 1.35. The van der Waals surface area contributed by atoms with Crippen LogP contribution in [-0.2, 0) is 6.42 Å². The molecule has 42 heavy (non-hydrogen) atoms. The van der Waals surface area contributed by atoms with Gasteiger partial charge in [-0.15, -0.1) is 0 Å². The van der Waals surface area contributed by atoms with Crippen molar-refractivity contribution in [3.8, 4) is 39.4 Å². The summed E-state index contributed by atoms with van der Waals surface area (Å²) in [6.45, 7) is 2.16. The number of para-hydroxylation sites is 1. The third-order valence-corrected chi connectivity index (χ3v) is 8.72. The third kappa shape index (κ3) is 3.19. The van der Waals surface area contributed by atoms with Gasteiger partial charge >= 0.3 is 0 Å². The van der Waals surface area contributed by atoms with Crippen molar-refractivity contribution in [3.05, 3.63) is 133 Å². The van der Waals surface area contributed by atoms with Gasteiger partial charge in [0, 0.05) is 6.42 Å². The predicted molar refractivity (Wildman–Crippen MR) is 174 cm³/mol. The molecule has 1 aromatic heterocycles. The van der Waals surface area contributed by atoms with Crippen LogP contribution in [0, 0.1) is 0 Å². The van der Waals surface area contributed by atoms with E-state index in [-0.39, 0.29) is 0 Å². The Morgan fingerprint density at radius 2 is 1.24 bits per heavy atom. The number of hydrogen-bond acceptors (Lipinski definition) is 2. The number of ether oxygens (including phenoxy) is 1. The number of aryl methyl sites for hydroxylation is 1. The fourth-order valence-corrected chi connectivity index (χ4v) is 6.95. The van der Waals surface area contributed by atoms with Crippen molar-refractivity contribution in [1.82, 2.24) is 9.55 Å². The number of aromatic nitrogens is 2. The molecule has 0 bridgehead atoms. The Hall–Kier alpha value is -5.41. The lowest BCUT2D eigenvalue weighted by Crippen LogP contribution is -2.07. The molecule has 0 saturated heterocycles. The highest BCUT2D eigenvalue weighted by atomic mass is 16.5. The number of benzene rings is 7. The summed E-state index contributed by atoms with van der Waals surface area (Å²) < 4.78 is 8.84. The van der Waals surface area contributed by atoms with Crippen molar-refractivity contribution in [2.75, 3.05) is 0 Å². The summed E-state index contributed by atoms with van der Waals surface area (Å²) >= 11 is 0. The normalized spacial score (nSPS) is 12.2. The highest BCUT2D eigenvalue weighted by Crippen LogP contribution is 2.48. The van der Waals surface area contributed by atoms with Gasteiger partial charge in [-0.05, 0) is 78.8 Å². The van der Waals surface area contributed by atoms with Crippen molar-refractivity contribution in [2.24, 2.45) is 0 Å². The summed E-state index contributed by atoms with van der Waals surface area (Å²) in [4.78, 5) is 4.91. The molecule has 0 spiro atoms. The largest absolute Gasteiger partial charge is 0.453 e. The minimum absolute atomic E-state index is 0.847. The van der Waals surface area contributed by atoms with E-state index < -0.39 is 0 Å². The molecule has 8 aromatic rings. The second kappa shape index (κ2) is 8.79. The molecule has 0 unspecified atom stereocenters. The Morgan fingerprint density at radius 3 is 1.98 bits per heavy atom. The molecule has 0 amide bonds. The van der Waals surface area contributed by atoms with Gasteiger partial charge in [0.1, 0.15) is 11.3 Å². The minimum Gasteiger partial charge on any atom is -0.453 e. The van der Waals surface area contributed by atoms with E-state index in [2.05, 4.69) is 127 Å². The quantitative estimate of drug-likeness (QED) is 0.209. The van der Waals surface area contributed by atoms with E-state index in [0.29, 0.717) is 0 Å². The van der Waals surface area contributed by atoms with Gasteiger partial charge in [0.15, 0.2) is 11.5 Å². The maximum absolute atomic E-state index is 6.57. The highest BCUT2D eigenvalue weighted by molar-refractivity contribution is 6.23. The number of hydrogen-bond donors (Lipinski definition) is 0. The van der Waals surface area contributed by atoms with Crippen LogP contribution in [0.5, 0.6) is 11.5 Å². The molecule has 0 aliphatic carbocycles. The lowest BCUT2D eigenvalue weighted by molar-refractivity contribution is 0.474. The lowest BCUT2D eigenvalue weighted by Gasteiger charge is -2.23. The van der Waals surface area contributed by atoms with Gasteiger partial charge in [-0.25, -0.2) is 4.98 Å². The molecule has 3 nitrogen and oxygen atoms in total. The Morgan fingerprint density at radius 1 is 0.595 bits per heavy atom. The monoisotopic (exact) mass is 538 g/mol. The molecule has 1 aliphatic rings. The molecule has 9 rings (SSSR count). The average molecular weight is 539 g/mol. The molecule has 2 heterocycles. The van der Waals surface area contributed by atoms with Crippen LogP contribution in [0.15, 0.2) is 127 Å². The van der Waals surface area contributed by atoms with E-state index in [4.69, 9.17) is 9.72 Å². The van der Waals surface area contributed by atoms with Crippen LogP contribution >= 0.6 is 0 Å². The topological polar surface area (TPSA) is 27.1 Å². The predicted octanol–water partition coefficient (Wildman–Crippen LogP) is 10.5. The van der Waals surface area contributed by atoms with E-state index in [1.165, 1.54) is 49.0 Å². The first-order valence-electron chi connectivity index (χ1n) is 14.5. The van der Waals surface area contributed by atoms with E-state index >= 15 is 0 Å². The third-order valence-electron chi connectivity index (χ3n) is 8.72. The summed E-state index contributed by atoms with van der Waals surface area (Å²) in [6.07, 6.45) is 0.847. The molecule has 7 aromatic carbocycles. The van der Waals surface area contributed by atoms with E-state index in [9.17, 15) is 0 Å². The van der Waals surface area contributed by atoms with Crippen molar-refractivity contribution >= 4 is 43.4 Å². The Bertz CT molecular complexity index is 2320. The number of nitrogens with zero attached hydrogens (tertiary/aromatic N) is 2. The zero-order valence-electron chi connectivity index (χ0n) is 23.1. The molecule has 3 heteroatoms. The van der Waals surface area contributed by atoms with Gasteiger partial charge in [-0.3, -0.25) is 4.57 Å². The van der Waals surface area contributed by atoms with Crippen LogP contribution in [0.3, 0.4) is 0 Å². The van der Waals surface area contributed by atoms with E-state index in [1.54, 1.807) is 0 Å². The van der Waals surface area contributed by atoms with Crippen LogP contribution in [0.1, 0.15) is 12.7 Å². The minimum atomic E-state index is 0.847. The first kappa shape index (κ1) is 23.3. The van der Waals surface area contributed by atoms with Gasteiger partial charge in [0.05, 0.1) is 11.2 Å². The summed E-state index contributed by atoms with van der Waals surface area (Å²) in [5.74, 6) is 2.75. The van der Waals surface area contributed by atoms with E-state index in [0.717, 1.165) is 46.0 Å². The van der Waals surface area contributed by atoms with E-state index in [1.807, 2.05) is 12.1 Å². The smallest absolute Gasteiger partial charge is 0.153 e. The maximum atomic E-state index is 6.57. The summed E-state index contributed by atoms with van der Waals surface area (Å²) in [6, 6.07) is 45.7. The standard InChI is InChI=1S/C39H26N2O/c1-2-36-40-32-19-10-20-34-39(32)41(36)33-22-21-25(23-35(33)42-34)37-28-14-5-7-16-30(28)38(31-17-8-6-15-29(31)37)27-18-9-12-24-11-3-4-13-26(24)27/h3-23H,2H2,1H3. The molecule has 0 N–H and O–H groups in total. The summed E-state index contributed by atoms with van der Waals surface area (Å²) in [5.41, 5.74) is 7.95. The molecule has 0 radical (unpaired) electrons.